The minimum absolute atomic E-state index is 1.04. The molecule has 0 radical (unpaired) electrons. The zero-order chi connectivity index (χ0) is 11.4. The zero-order valence-electron chi connectivity index (χ0n) is 10.0. The number of hydrogen-bond donors (Lipinski definition) is 1. The van der Waals surface area contributed by atoms with Crippen molar-refractivity contribution in [3.8, 4) is 0 Å². The van der Waals surface area contributed by atoms with Gasteiger partial charge in [-0.1, -0.05) is 0 Å². The summed E-state index contributed by atoms with van der Waals surface area (Å²) in [7, 11) is 8.64. The summed E-state index contributed by atoms with van der Waals surface area (Å²) in [5.41, 5.74) is 2.95. The summed E-state index contributed by atoms with van der Waals surface area (Å²) in [6, 6.07) is 6.67. The molecule has 0 unspecified atom stereocenters. The molecule has 0 aromatic heterocycles. The van der Waals surface area contributed by atoms with Gasteiger partial charge in [-0.25, -0.2) is 0 Å². The number of benzene rings is 1. The van der Waals surface area contributed by atoms with Crippen molar-refractivity contribution >= 4 is 25.9 Å². The van der Waals surface area contributed by atoms with Gasteiger partial charge in [-0.2, -0.15) is 0 Å². The van der Waals surface area contributed by atoms with Gasteiger partial charge in [0.2, 0.25) is 0 Å². The summed E-state index contributed by atoms with van der Waals surface area (Å²) in [4.78, 5) is 3.71. The molecule has 0 spiro atoms. The van der Waals surface area contributed by atoms with Crippen LogP contribution >= 0.6 is 0 Å². The third kappa shape index (κ3) is 4.12. The predicted molar refractivity (Wildman–Crippen MR) is 67.1 cm³/mol. The van der Waals surface area contributed by atoms with Gasteiger partial charge < -0.3 is 0 Å². The van der Waals surface area contributed by atoms with Crippen LogP contribution in [0.4, 0.5) is 0 Å². The van der Waals surface area contributed by atoms with Crippen molar-refractivity contribution in [2.45, 2.75) is 13.1 Å². The van der Waals surface area contributed by atoms with E-state index in [9.17, 15) is 0 Å². The van der Waals surface area contributed by atoms with Crippen molar-refractivity contribution in [3.05, 3.63) is 29.3 Å². The van der Waals surface area contributed by atoms with Crippen LogP contribution < -0.4 is 8.51 Å². The molecule has 0 atom stereocenters. The maximum absolute atomic E-state index is 2.25. The molecule has 0 fully saturated rings. The van der Waals surface area contributed by atoms with Gasteiger partial charge in [-0.15, -0.1) is 0 Å². The number of nitrogens with zero attached hydrogens (tertiary/aromatic N) is 1. The molecule has 0 amide bonds. The van der Waals surface area contributed by atoms with E-state index >= 15 is 0 Å². The Hall–Kier alpha value is -0.0704. The van der Waals surface area contributed by atoms with Crippen molar-refractivity contribution in [2.24, 2.45) is 0 Å². The summed E-state index contributed by atoms with van der Waals surface area (Å²) in [5, 5.41) is 0. The first kappa shape index (κ1) is 13.0. The third-order valence-corrected chi connectivity index (χ3v) is 3.87. The van der Waals surface area contributed by atoms with Crippen LogP contribution in [0.3, 0.4) is 0 Å². The number of hydrogen-bond acceptors (Lipinski definition) is 1. The molecule has 1 N–H and O–H groups in total. The van der Waals surface area contributed by atoms with Crippen LogP contribution in [0, 0.1) is 0 Å². The predicted octanol–water partition coefficient (Wildman–Crippen LogP) is -1.08. The summed E-state index contributed by atoms with van der Waals surface area (Å²) in [6.45, 7) is 2.16. The normalized spacial score (nSPS) is 11.4. The van der Waals surface area contributed by atoms with Crippen LogP contribution in [0.1, 0.15) is 11.1 Å². The topological polar surface area (TPSA) is 7.68 Å². The molecule has 0 saturated heterocycles. The fraction of sp³-hybridized carbons (Fsp3) is 0.500. The van der Waals surface area contributed by atoms with Crippen molar-refractivity contribution in [3.63, 3.8) is 0 Å². The van der Waals surface area contributed by atoms with Gasteiger partial charge in [-0.05, 0) is 0 Å². The van der Waals surface area contributed by atoms with Crippen molar-refractivity contribution < 1.29 is 4.90 Å². The molecule has 15 heavy (non-hydrogen) atoms. The second-order valence-electron chi connectivity index (χ2n) is 4.55. The van der Waals surface area contributed by atoms with Crippen molar-refractivity contribution in [1.29, 1.82) is 0 Å². The summed E-state index contributed by atoms with van der Waals surface area (Å²) in [5.74, 6) is 0. The van der Waals surface area contributed by atoms with Crippen molar-refractivity contribution in [1.82, 2.24) is 4.90 Å². The van der Waals surface area contributed by atoms with Gasteiger partial charge in [0, 0.05) is 0 Å². The number of nitrogens with one attached hydrogen (secondary N) is 1. The Morgan fingerprint density at radius 3 is 2.33 bits per heavy atom. The Morgan fingerprint density at radius 2 is 1.80 bits per heavy atom. The minimum atomic E-state index is 1.04. The molecule has 84 valence electrons. The van der Waals surface area contributed by atoms with Gasteiger partial charge in [0.15, 0.2) is 0 Å². The van der Waals surface area contributed by atoms with E-state index < -0.39 is 0 Å². The first-order chi connectivity index (χ1) is 7.00. The van der Waals surface area contributed by atoms with Crippen LogP contribution in [0.5, 0.6) is 0 Å². The SMILES string of the molecule is CN(C)Cc1cccc(C[NH+](C)C)c1[TeH]. The van der Waals surface area contributed by atoms with Gasteiger partial charge in [0.25, 0.3) is 0 Å². The molecule has 0 aliphatic carbocycles. The fourth-order valence-corrected chi connectivity index (χ4v) is 2.49. The maximum atomic E-state index is 2.25. The van der Waals surface area contributed by atoms with Crippen LogP contribution in [-0.4, -0.2) is 55.4 Å². The second-order valence-corrected chi connectivity index (χ2v) is 5.82. The first-order valence-electron chi connectivity index (χ1n) is 5.24. The van der Waals surface area contributed by atoms with Crippen LogP contribution in [0.25, 0.3) is 0 Å². The van der Waals surface area contributed by atoms with Gasteiger partial charge in [0.1, 0.15) is 0 Å². The second kappa shape index (κ2) is 5.86. The van der Waals surface area contributed by atoms with Crippen molar-refractivity contribution in [2.75, 3.05) is 28.2 Å². The molecule has 0 bridgehead atoms. The van der Waals surface area contributed by atoms with Gasteiger partial charge in [0.05, 0.1) is 0 Å². The Morgan fingerprint density at radius 1 is 1.20 bits per heavy atom. The van der Waals surface area contributed by atoms with E-state index in [1.54, 1.807) is 0 Å². The van der Waals surface area contributed by atoms with Gasteiger partial charge in [-0.3, -0.25) is 0 Å². The average molecular weight is 321 g/mol. The first-order valence-corrected chi connectivity index (χ1v) is 6.52. The van der Waals surface area contributed by atoms with Crippen LogP contribution in [0.15, 0.2) is 18.2 Å². The molecule has 2 nitrogen and oxygen atoms in total. The fourth-order valence-electron chi connectivity index (χ4n) is 1.64. The third-order valence-electron chi connectivity index (χ3n) is 2.23. The monoisotopic (exact) mass is 323 g/mol. The average Bonchev–Trinajstić information content (AvgIpc) is 2.10. The Balaban J connectivity index is 2.90. The molecule has 0 saturated carbocycles. The van der Waals surface area contributed by atoms with E-state index in [0.717, 1.165) is 13.1 Å². The summed E-state index contributed by atoms with van der Waals surface area (Å²) in [6.07, 6.45) is 0. The van der Waals surface area contributed by atoms with Crippen LogP contribution in [-0.2, 0) is 13.1 Å². The molecule has 0 aliphatic heterocycles. The number of rotatable bonds is 4. The summed E-state index contributed by atoms with van der Waals surface area (Å²) < 4.78 is 1.50. The number of quaternary nitrogens is 1. The molecular formula is C12H21N2Te+. The Kier molecular flexibility index (Phi) is 5.08. The van der Waals surface area contributed by atoms with E-state index in [0.29, 0.717) is 0 Å². The molecule has 0 aliphatic rings. The van der Waals surface area contributed by atoms with E-state index in [2.05, 4.69) is 51.3 Å². The molecule has 1 rings (SSSR count). The van der Waals surface area contributed by atoms with E-state index in [1.165, 1.54) is 19.6 Å². The van der Waals surface area contributed by atoms with Gasteiger partial charge >= 0.3 is 106 Å². The van der Waals surface area contributed by atoms with E-state index in [1.807, 2.05) is 22.3 Å². The summed E-state index contributed by atoms with van der Waals surface area (Å²) >= 11 is 1.84. The molecular weight excluding hydrogens is 300 g/mol. The zero-order valence-corrected chi connectivity index (χ0v) is 12.6. The standard InChI is InChI=1S/C12H20N2Te/c1-13(2)8-10-6-5-7-11(12(10)15)9-14(3)4/h5-7,15H,8-9H2,1-4H3/p+1. The molecule has 3 heteroatoms. The quantitative estimate of drug-likeness (QED) is 0.694. The Labute approximate surface area is 106 Å². The van der Waals surface area contributed by atoms with E-state index in [4.69, 9.17) is 0 Å². The molecule has 1 aromatic carbocycles. The van der Waals surface area contributed by atoms with E-state index in [-0.39, 0.29) is 0 Å². The Bertz CT molecular complexity index is 293. The van der Waals surface area contributed by atoms with Crippen LogP contribution in [0.2, 0.25) is 0 Å². The molecule has 1 aromatic rings. The molecule has 0 heterocycles.